The number of hydrogen-bond donors (Lipinski definition) is 2. The van der Waals surface area contributed by atoms with E-state index in [1.165, 1.54) is 0 Å². The van der Waals surface area contributed by atoms with Gasteiger partial charge in [-0.25, -0.2) is 9.78 Å². The van der Waals surface area contributed by atoms with E-state index in [1.807, 2.05) is 38.1 Å². The molecule has 1 aromatic heterocycles. The Balaban J connectivity index is 1.79. The summed E-state index contributed by atoms with van der Waals surface area (Å²) in [6.45, 7) is 4.56. The summed E-state index contributed by atoms with van der Waals surface area (Å²) in [6, 6.07) is 12.5. The van der Waals surface area contributed by atoms with Crippen LogP contribution in [0.2, 0.25) is 0 Å². The number of nitrogens with zero attached hydrogens (tertiary/aromatic N) is 2. The molecule has 3 rings (SSSR count). The first-order valence-electron chi connectivity index (χ1n) is 8.28. The molecule has 0 atom stereocenters. The van der Waals surface area contributed by atoms with E-state index in [9.17, 15) is 9.59 Å². The van der Waals surface area contributed by atoms with Gasteiger partial charge in [0, 0.05) is 16.7 Å². The number of urea groups is 1. The number of aromatic nitrogens is 2. The first-order valence-corrected chi connectivity index (χ1v) is 9.07. The maximum Gasteiger partial charge on any atom is 0.322 e. The zero-order chi connectivity index (χ0) is 18.7. The molecule has 0 aliphatic rings. The summed E-state index contributed by atoms with van der Waals surface area (Å²) in [6.07, 6.45) is 0. The second-order valence-electron chi connectivity index (χ2n) is 5.94. The number of para-hydroxylation sites is 1. The first-order chi connectivity index (χ1) is 12.5. The highest BCUT2D eigenvalue weighted by atomic mass is 79.9. The highest BCUT2D eigenvalue weighted by Crippen LogP contribution is 2.21. The van der Waals surface area contributed by atoms with Crippen LogP contribution in [0.1, 0.15) is 18.3 Å². The Bertz CT molecular complexity index is 1020. The lowest BCUT2D eigenvalue weighted by atomic mass is 10.2. The Kier molecular flexibility index (Phi) is 5.37. The van der Waals surface area contributed by atoms with E-state index in [0.29, 0.717) is 29.0 Å². The molecule has 0 saturated heterocycles. The number of hydrogen-bond acceptors (Lipinski definition) is 3. The third-order valence-corrected chi connectivity index (χ3v) is 4.95. The van der Waals surface area contributed by atoms with Gasteiger partial charge < -0.3 is 15.2 Å². The SMILES string of the molecule is CCN(Cc1nc2ccccc2c(=O)[nH]1)C(=O)Nc1ccc(C)c(Br)c1. The van der Waals surface area contributed by atoms with Crippen LogP contribution in [0.25, 0.3) is 10.9 Å². The number of halogens is 1. The van der Waals surface area contributed by atoms with Crippen molar-refractivity contribution in [1.82, 2.24) is 14.9 Å². The summed E-state index contributed by atoms with van der Waals surface area (Å²) in [5.74, 6) is 0.454. The molecule has 0 fully saturated rings. The van der Waals surface area contributed by atoms with Gasteiger partial charge >= 0.3 is 6.03 Å². The van der Waals surface area contributed by atoms with Gasteiger partial charge in [-0.05, 0) is 43.7 Å². The maximum absolute atomic E-state index is 12.6. The van der Waals surface area contributed by atoms with Gasteiger partial charge in [0.25, 0.3) is 5.56 Å². The number of nitrogens with one attached hydrogen (secondary N) is 2. The average molecular weight is 415 g/mol. The Hall–Kier alpha value is -2.67. The first kappa shape index (κ1) is 18.1. The number of amides is 2. The van der Waals surface area contributed by atoms with Crippen LogP contribution in [0.5, 0.6) is 0 Å². The van der Waals surface area contributed by atoms with Crippen molar-refractivity contribution in [3.05, 3.63) is 68.7 Å². The molecule has 134 valence electrons. The van der Waals surface area contributed by atoms with E-state index >= 15 is 0 Å². The summed E-state index contributed by atoms with van der Waals surface area (Å²) in [4.78, 5) is 33.5. The monoisotopic (exact) mass is 414 g/mol. The highest BCUT2D eigenvalue weighted by Gasteiger charge is 2.15. The summed E-state index contributed by atoms with van der Waals surface area (Å²) >= 11 is 3.46. The van der Waals surface area contributed by atoms with Gasteiger partial charge in [-0.15, -0.1) is 0 Å². The number of anilines is 1. The summed E-state index contributed by atoms with van der Waals surface area (Å²) in [5.41, 5.74) is 2.20. The normalized spacial score (nSPS) is 10.7. The van der Waals surface area contributed by atoms with Crippen molar-refractivity contribution in [3.63, 3.8) is 0 Å². The summed E-state index contributed by atoms with van der Waals surface area (Å²) in [7, 11) is 0. The Labute approximate surface area is 159 Å². The number of rotatable bonds is 4. The number of fused-ring (bicyclic) bond motifs is 1. The topological polar surface area (TPSA) is 78.1 Å². The van der Waals surface area contributed by atoms with Crippen LogP contribution in [0.15, 0.2) is 51.7 Å². The van der Waals surface area contributed by atoms with Crippen LogP contribution in [0, 0.1) is 6.92 Å². The third kappa shape index (κ3) is 3.94. The molecule has 0 radical (unpaired) electrons. The minimum absolute atomic E-state index is 0.204. The summed E-state index contributed by atoms with van der Waals surface area (Å²) < 4.78 is 0.930. The second kappa shape index (κ2) is 7.70. The number of benzene rings is 2. The van der Waals surface area contributed by atoms with Crippen molar-refractivity contribution in [3.8, 4) is 0 Å². The van der Waals surface area contributed by atoms with Gasteiger partial charge in [0.05, 0.1) is 17.4 Å². The second-order valence-corrected chi connectivity index (χ2v) is 6.79. The van der Waals surface area contributed by atoms with E-state index in [2.05, 4.69) is 31.2 Å². The van der Waals surface area contributed by atoms with Crippen LogP contribution in [0.4, 0.5) is 10.5 Å². The van der Waals surface area contributed by atoms with Crippen molar-refractivity contribution in [2.45, 2.75) is 20.4 Å². The Morgan fingerprint density at radius 3 is 2.77 bits per heavy atom. The molecule has 26 heavy (non-hydrogen) atoms. The molecular weight excluding hydrogens is 396 g/mol. The van der Waals surface area contributed by atoms with Crippen LogP contribution in [-0.4, -0.2) is 27.4 Å². The Morgan fingerprint density at radius 2 is 2.04 bits per heavy atom. The number of H-pyrrole nitrogens is 1. The van der Waals surface area contributed by atoms with Gasteiger partial charge in [0.15, 0.2) is 0 Å². The predicted molar refractivity (Wildman–Crippen MR) is 106 cm³/mol. The number of carbonyl (C=O) groups excluding carboxylic acids is 1. The van der Waals surface area contributed by atoms with Crippen molar-refractivity contribution >= 4 is 38.6 Å². The molecule has 2 aromatic carbocycles. The van der Waals surface area contributed by atoms with E-state index in [-0.39, 0.29) is 18.1 Å². The van der Waals surface area contributed by atoms with Crippen molar-refractivity contribution < 1.29 is 4.79 Å². The van der Waals surface area contributed by atoms with E-state index in [0.717, 1.165) is 10.0 Å². The van der Waals surface area contributed by atoms with Crippen molar-refractivity contribution in [2.24, 2.45) is 0 Å². The standard InChI is InChI=1S/C19H19BrN4O2/c1-3-24(19(26)21-13-9-8-12(2)15(20)10-13)11-17-22-16-7-5-4-6-14(16)18(25)23-17/h4-10H,3,11H2,1-2H3,(H,21,26)(H,22,23,25). The molecule has 7 heteroatoms. The van der Waals surface area contributed by atoms with Crippen LogP contribution < -0.4 is 10.9 Å². The molecular formula is C19H19BrN4O2. The minimum Gasteiger partial charge on any atom is -0.317 e. The number of aryl methyl sites for hydroxylation is 1. The maximum atomic E-state index is 12.6. The quantitative estimate of drug-likeness (QED) is 0.675. The molecule has 0 saturated carbocycles. The lowest BCUT2D eigenvalue weighted by molar-refractivity contribution is 0.211. The molecule has 0 bridgehead atoms. The number of aromatic amines is 1. The Morgan fingerprint density at radius 1 is 1.27 bits per heavy atom. The zero-order valence-electron chi connectivity index (χ0n) is 14.5. The fourth-order valence-corrected chi connectivity index (χ4v) is 2.97. The molecule has 2 amide bonds. The molecule has 0 aliphatic carbocycles. The van der Waals surface area contributed by atoms with Gasteiger partial charge in [0.1, 0.15) is 5.82 Å². The molecule has 0 spiro atoms. The highest BCUT2D eigenvalue weighted by molar-refractivity contribution is 9.10. The minimum atomic E-state index is -0.251. The lowest BCUT2D eigenvalue weighted by Crippen LogP contribution is -2.35. The van der Waals surface area contributed by atoms with Gasteiger partial charge in [-0.3, -0.25) is 4.79 Å². The molecule has 6 nitrogen and oxygen atoms in total. The molecule has 1 heterocycles. The molecule has 0 aliphatic heterocycles. The van der Waals surface area contributed by atoms with Gasteiger partial charge in [0.2, 0.25) is 0 Å². The van der Waals surface area contributed by atoms with Gasteiger partial charge in [-0.2, -0.15) is 0 Å². The number of carbonyl (C=O) groups is 1. The lowest BCUT2D eigenvalue weighted by Gasteiger charge is -2.21. The van der Waals surface area contributed by atoms with Crippen LogP contribution >= 0.6 is 15.9 Å². The fourth-order valence-electron chi connectivity index (χ4n) is 2.59. The smallest absolute Gasteiger partial charge is 0.317 e. The van der Waals surface area contributed by atoms with Crippen molar-refractivity contribution in [1.29, 1.82) is 0 Å². The molecule has 2 N–H and O–H groups in total. The fraction of sp³-hybridized carbons (Fsp3) is 0.211. The summed E-state index contributed by atoms with van der Waals surface area (Å²) in [5, 5.41) is 3.41. The molecule has 3 aromatic rings. The van der Waals surface area contributed by atoms with E-state index in [1.54, 1.807) is 23.1 Å². The zero-order valence-corrected chi connectivity index (χ0v) is 16.1. The van der Waals surface area contributed by atoms with Crippen molar-refractivity contribution in [2.75, 3.05) is 11.9 Å². The average Bonchev–Trinajstić information content (AvgIpc) is 2.62. The van der Waals surface area contributed by atoms with Crippen LogP contribution in [-0.2, 0) is 6.54 Å². The van der Waals surface area contributed by atoms with Gasteiger partial charge in [-0.1, -0.05) is 34.1 Å². The van der Waals surface area contributed by atoms with Crippen LogP contribution in [0.3, 0.4) is 0 Å². The predicted octanol–water partition coefficient (Wildman–Crippen LogP) is 4.05. The third-order valence-electron chi connectivity index (χ3n) is 4.09. The largest absolute Gasteiger partial charge is 0.322 e. The van der Waals surface area contributed by atoms with E-state index in [4.69, 9.17) is 0 Å². The molecule has 0 unspecified atom stereocenters. The van der Waals surface area contributed by atoms with E-state index < -0.39 is 0 Å².